The molecular weight excluding hydrogens is 310 g/mol. The van der Waals surface area contributed by atoms with Gasteiger partial charge in [0.1, 0.15) is 0 Å². The molecule has 1 saturated heterocycles. The Balaban J connectivity index is 1.78. The summed E-state index contributed by atoms with van der Waals surface area (Å²) in [4.78, 5) is 2.51. The van der Waals surface area contributed by atoms with Crippen LogP contribution in [0.1, 0.15) is 18.4 Å². The third kappa shape index (κ3) is 4.14. The third-order valence-corrected chi connectivity index (χ3v) is 4.64. The zero-order valence-electron chi connectivity index (χ0n) is 13.8. The first-order chi connectivity index (χ1) is 11.2. The maximum Gasteiger partial charge on any atom is 0.0968 e. The lowest BCUT2D eigenvalue weighted by atomic mass is 9.98. The van der Waals surface area contributed by atoms with E-state index < -0.39 is 0 Å². The lowest BCUT2D eigenvalue weighted by Crippen LogP contribution is -2.36. The number of piperidine rings is 1. The lowest BCUT2D eigenvalue weighted by Gasteiger charge is -2.32. The summed E-state index contributed by atoms with van der Waals surface area (Å²) < 4.78 is 7.22. The molecule has 0 aliphatic carbocycles. The molecular formula is C18H24ClN3O. The van der Waals surface area contributed by atoms with Crippen LogP contribution < -0.4 is 0 Å². The van der Waals surface area contributed by atoms with Gasteiger partial charge >= 0.3 is 0 Å². The van der Waals surface area contributed by atoms with Gasteiger partial charge in [-0.2, -0.15) is 5.10 Å². The molecule has 0 amide bonds. The highest BCUT2D eigenvalue weighted by Gasteiger charge is 2.21. The molecule has 23 heavy (non-hydrogen) atoms. The Morgan fingerprint density at radius 2 is 2.26 bits per heavy atom. The third-order valence-electron chi connectivity index (χ3n) is 4.40. The Kier molecular flexibility index (Phi) is 5.36. The minimum Gasteiger partial charge on any atom is -0.384 e. The topological polar surface area (TPSA) is 30.3 Å². The summed E-state index contributed by atoms with van der Waals surface area (Å²) in [5.41, 5.74) is 3.37. The van der Waals surface area contributed by atoms with Crippen LogP contribution in [0.3, 0.4) is 0 Å². The van der Waals surface area contributed by atoms with Gasteiger partial charge in [-0.15, -0.1) is 0 Å². The fraction of sp³-hybridized carbons (Fsp3) is 0.500. The number of benzene rings is 1. The van der Waals surface area contributed by atoms with Gasteiger partial charge in [-0.1, -0.05) is 23.7 Å². The summed E-state index contributed by atoms with van der Waals surface area (Å²) in [6.07, 6.45) is 4.62. The predicted molar refractivity (Wildman–Crippen MR) is 93.5 cm³/mol. The minimum absolute atomic E-state index is 0.639. The number of aryl methyl sites for hydroxylation is 1. The molecule has 5 heteroatoms. The van der Waals surface area contributed by atoms with Crippen molar-refractivity contribution in [3.05, 3.63) is 41.0 Å². The van der Waals surface area contributed by atoms with Crippen molar-refractivity contribution < 1.29 is 4.74 Å². The highest BCUT2D eigenvalue weighted by Crippen LogP contribution is 2.27. The van der Waals surface area contributed by atoms with Crippen LogP contribution in [0.4, 0.5) is 0 Å². The van der Waals surface area contributed by atoms with Crippen molar-refractivity contribution in [3.8, 4) is 11.3 Å². The van der Waals surface area contributed by atoms with Gasteiger partial charge in [-0.05, 0) is 37.4 Å². The zero-order chi connectivity index (χ0) is 16.2. The standard InChI is InChI=1S/C18H24ClN3O/c1-21-11-16(12-22-8-4-5-14(10-22)13-23-2)18(20-21)15-6-3-7-17(19)9-15/h3,6-7,9,11,14H,4-5,8,10,12-13H2,1-2H3/t14-/m0/s1. The number of hydrogen-bond donors (Lipinski definition) is 0. The van der Waals surface area contributed by atoms with E-state index in [9.17, 15) is 0 Å². The second-order valence-electron chi connectivity index (χ2n) is 6.39. The fourth-order valence-corrected chi connectivity index (χ4v) is 3.63. The quantitative estimate of drug-likeness (QED) is 0.837. The molecule has 0 saturated carbocycles. The van der Waals surface area contributed by atoms with Gasteiger partial charge in [0.15, 0.2) is 0 Å². The number of methoxy groups -OCH3 is 1. The Bertz CT molecular complexity index is 653. The van der Waals surface area contributed by atoms with Crippen molar-refractivity contribution in [3.63, 3.8) is 0 Å². The molecule has 1 aliphatic heterocycles. The van der Waals surface area contributed by atoms with Crippen molar-refractivity contribution in [2.45, 2.75) is 19.4 Å². The molecule has 4 nitrogen and oxygen atoms in total. The lowest BCUT2D eigenvalue weighted by molar-refractivity contribution is 0.0874. The molecule has 1 aliphatic rings. The Labute approximate surface area is 143 Å². The zero-order valence-corrected chi connectivity index (χ0v) is 14.6. The van der Waals surface area contributed by atoms with Crippen LogP contribution in [-0.2, 0) is 18.3 Å². The maximum atomic E-state index is 6.14. The van der Waals surface area contributed by atoms with Gasteiger partial charge in [0.25, 0.3) is 0 Å². The SMILES string of the molecule is COC[C@H]1CCCN(Cc2cn(C)nc2-c2cccc(Cl)c2)C1. The predicted octanol–water partition coefficient (Wildman–Crippen LogP) is 3.60. The summed E-state index contributed by atoms with van der Waals surface area (Å²) in [5, 5.41) is 5.40. The molecule has 0 bridgehead atoms. The van der Waals surface area contributed by atoms with E-state index in [0.717, 1.165) is 42.5 Å². The van der Waals surface area contributed by atoms with Crippen molar-refractivity contribution in [2.24, 2.45) is 13.0 Å². The van der Waals surface area contributed by atoms with Crippen LogP contribution >= 0.6 is 11.6 Å². The van der Waals surface area contributed by atoms with Crippen LogP contribution in [-0.4, -0.2) is 41.5 Å². The van der Waals surface area contributed by atoms with Gasteiger partial charge in [0.2, 0.25) is 0 Å². The van der Waals surface area contributed by atoms with Gasteiger partial charge in [-0.25, -0.2) is 0 Å². The van der Waals surface area contributed by atoms with Crippen LogP contribution in [0, 0.1) is 5.92 Å². The number of aromatic nitrogens is 2. The molecule has 2 aromatic rings. The Hall–Kier alpha value is -1.36. The average Bonchev–Trinajstić information content (AvgIpc) is 2.88. The molecule has 0 N–H and O–H groups in total. The number of rotatable bonds is 5. The largest absolute Gasteiger partial charge is 0.384 e. The van der Waals surface area contributed by atoms with Gasteiger partial charge < -0.3 is 4.74 Å². The molecule has 1 aromatic carbocycles. The van der Waals surface area contributed by atoms with E-state index in [4.69, 9.17) is 16.3 Å². The van der Waals surface area contributed by atoms with Gasteiger partial charge in [0, 0.05) is 49.6 Å². The van der Waals surface area contributed by atoms with Gasteiger partial charge in [0.05, 0.1) is 12.3 Å². The first-order valence-electron chi connectivity index (χ1n) is 8.15. The number of nitrogens with zero attached hydrogens (tertiary/aromatic N) is 3. The van der Waals surface area contributed by atoms with Crippen molar-refractivity contribution in [1.29, 1.82) is 0 Å². The van der Waals surface area contributed by atoms with Crippen LogP contribution in [0.2, 0.25) is 5.02 Å². The summed E-state index contributed by atoms with van der Waals surface area (Å²) in [6.45, 7) is 4.02. The minimum atomic E-state index is 0.639. The van der Waals surface area contributed by atoms with Crippen molar-refractivity contribution in [2.75, 3.05) is 26.8 Å². The summed E-state index contributed by atoms with van der Waals surface area (Å²) >= 11 is 6.14. The number of hydrogen-bond acceptors (Lipinski definition) is 3. The molecule has 124 valence electrons. The molecule has 3 rings (SSSR count). The molecule has 0 radical (unpaired) electrons. The average molecular weight is 334 g/mol. The Morgan fingerprint density at radius 3 is 3.04 bits per heavy atom. The second kappa shape index (κ2) is 7.47. The highest BCUT2D eigenvalue weighted by molar-refractivity contribution is 6.30. The molecule has 1 atom stereocenters. The summed E-state index contributed by atoms with van der Waals surface area (Å²) in [6, 6.07) is 7.93. The normalized spacial score (nSPS) is 19.2. The van der Waals surface area contributed by atoms with E-state index in [1.165, 1.54) is 18.4 Å². The van der Waals surface area contributed by atoms with Crippen LogP contribution in [0.15, 0.2) is 30.5 Å². The van der Waals surface area contributed by atoms with Crippen molar-refractivity contribution in [1.82, 2.24) is 14.7 Å². The van der Waals surface area contributed by atoms with Gasteiger partial charge in [-0.3, -0.25) is 9.58 Å². The molecule has 2 heterocycles. The molecule has 0 unspecified atom stereocenters. The van der Waals surface area contributed by atoms with E-state index >= 15 is 0 Å². The monoisotopic (exact) mass is 333 g/mol. The summed E-state index contributed by atoms with van der Waals surface area (Å²) in [7, 11) is 3.76. The fourth-order valence-electron chi connectivity index (χ4n) is 3.44. The van der Waals surface area contributed by atoms with E-state index in [0.29, 0.717) is 5.92 Å². The second-order valence-corrected chi connectivity index (χ2v) is 6.82. The van der Waals surface area contributed by atoms with E-state index in [1.54, 1.807) is 7.11 Å². The van der Waals surface area contributed by atoms with E-state index in [-0.39, 0.29) is 0 Å². The number of halogens is 1. The maximum absolute atomic E-state index is 6.14. The number of likely N-dealkylation sites (tertiary alicyclic amines) is 1. The summed E-state index contributed by atoms with van der Waals surface area (Å²) in [5.74, 6) is 0.639. The highest BCUT2D eigenvalue weighted by atomic mass is 35.5. The van der Waals surface area contributed by atoms with Crippen molar-refractivity contribution >= 4 is 11.6 Å². The first-order valence-corrected chi connectivity index (χ1v) is 8.53. The van der Waals surface area contributed by atoms with Crippen LogP contribution in [0.25, 0.3) is 11.3 Å². The van der Waals surface area contributed by atoms with E-state index in [2.05, 4.69) is 22.3 Å². The van der Waals surface area contributed by atoms with Crippen LogP contribution in [0.5, 0.6) is 0 Å². The number of ether oxygens (including phenoxy) is 1. The van der Waals surface area contributed by atoms with E-state index in [1.807, 2.05) is 29.9 Å². The first kappa shape index (κ1) is 16.5. The molecule has 0 spiro atoms. The Morgan fingerprint density at radius 1 is 1.39 bits per heavy atom. The smallest absolute Gasteiger partial charge is 0.0968 e. The molecule has 1 fully saturated rings. The molecule has 1 aromatic heterocycles.